The Morgan fingerprint density at radius 1 is 0.944 bits per heavy atom. The van der Waals surface area contributed by atoms with Crippen molar-refractivity contribution >= 4 is 12.0 Å². The van der Waals surface area contributed by atoms with Gasteiger partial charge in [0.1, 0.15) is 6.61 Å². The maximum absolute atomic E-state index is 13.1. The van der Waals surface area contributed by atoms with Crippen LogP contribution >= 0.6 is 0 Å². The number of nitrogens with one attached hydrogen (secondary N) is 2. The molecular weight excluding hydrogens is 456 g/mol. The van der Waals surface area contributed by atoms with E-state index in [1.165, 1.54) is 10.6 Å². The molecule has 4 rings (SSSR count). The molecule has 2 N–H and O–H groups in total. The molecule has 188 valence electrons. The highest BCUT2D eigenvalue weighted by Gasteiger charge is 2.33. The standard InChI is InChI=1S/C28H32N4O4/c1-20(2)31-17-15-24(30-28(35)36-19-21-8-4-3-5-9-21)25(18-31)29-27(34)22-11-13-23(14-12-22)32-16-7-6-10-26(32)33/h3-14,16,20,24-25H,15,17-19H2,1-2H3,(H,29,34)(H,30,35)/t24-,25+/m0/s1. The number of piperidine rings is 1. The molecular formula is C28H32N4O4. The Morgan fingerprint density at radius 2 is 1.67 bits per heavy atom. The summed E-state index contributed by atoms with van der Waals surface area (Å²) in [5.74, 6) is -0.234. The molecule has 2 aromatic carbocycles. The molecule has 8 heteroatoms. The highest BCUT2D eigenvalue weighted by molar-refractivity contribution is 5.94. The lowest BCUT2D eigenvalue weighted by Crippen LogP contribution is -2.61. The molecule has 0 unspecified atom stereocenters. The minimum absolute atomic E-state index is 0.140. The molecule has 3 aromatic rings. The van der Waals surface area contributed by atoms with E-state index in [0.29, 0.717) is 30.3 Å². The third kappa shape index (κ3) is 6.40. The van der Waals surface area contributed by atoms with E-state index in [4.69, 9.17) is 4.74 Å². The Kier molecular flexibility index (Phi) is 8.17. The van der Waals surface area contributed by atoms with Crippen LogP contribution in [0.2, 0.25) is 0 Å². The molecule has 1 aliphatic rings. The fraction of sp³-hybridized carbons (Fsp3) is 0.321. The van der Waals surface area contributed by atoms with Crippen LogP contribution in [0.4, 0.5) is 4.79 Å². The Morgan fingerprint density at radius 3 is 2.36 bits per heavy atom. The van der Waals surface area contributed by atoms with Crippen molar-refractivity contribution in [2.24, 2.45) is 0 Å². The summed E-state index contributed by atoms with van der Waals surface area (Å²) in [7, 11) is 0. The van der Waals surface area contributed by atoms with Gasteiger partial charge in [-0.1, -0.05) is 36.4 Å². The average molecular weight is 489 g/mol. The van der Waals surface area contributed by atoms with Gasteiger partial charge in [0.15, 0.2) is 0 Å². The van der Waals surface area contributed by atoms with E-state index in [1.807, 2.05) is 30.3 Å². The van der Waals surface area contributed by atoms with Gasteiger partial charge in [0, 0.05) is 42.6 Å². The minimum atomic E-state index is -0.501. The second-order valence-electron chi connectivity index (χ2n) is 9.23. The zero-order chi connectivity index (χ0) is 25.5. The van der Waals surface area contributed by atoms with E-state index < -0.39 is 6.09 Å². The third-order valence-corrected chi connectivity index (χ3v) is 6.44. The first kappa shape index (κ1) is 25.2. The monoisotopic (exact) mass is 488 g/mol. The number of likely N-dealkylation sites (tertiary alicyclic amines) is 1. The fourth-order valence-corrected chi connectivity index (χ4v) is 4.35. The van der Waals surface area contributed by atoms with Crippen molar-refractivity contribution in [1.29, 1.82) is 0 Å². The van der Waals surface area contributed by atoms with E-state index in [9.17, 15) is 14.4 Å². The van der Waals surface area contributed by atoms with Crippen LogP contribution in [0.5, 0.6) is 0 Å². The number of ether oxygens (including phenoxy) is 1. The number of nitrogens with zero attached hydrogens (tertiary/aromatic N) is 2. The number of rotatable bonds is 7. The number of pyridine rings is 1. The summed E-state index contributed by atoms with van der Waals surface area (Å²) in [6, 6.07) is 21.1. The summed E-state index contributed by atoms with van der Waals surface area (Å²) in [6.45, 7) is 5.85. The van der Waals surface area contributed by atoms with Crippen LogP contribution in [0.1, 0.15) is 36.2 Å². The summed E-state index contributed by atoms with van der Waals surface area (Å²) in [4.78, 5) is 40.0. The first-order valence-corrected chi connectivity index (χ1v) is 12.2. The minimum Gasteiger partial charge on any atom is -0.445 e. The first-order valence-electron chi connectivity index (χ1n) is 12.2. The summed E-state index contributed by atoms with van der Waals surface area (Å²) in [6.07, 6.45) is 1.88. The van der Waals surface area contributed by atoms with E-state index in [2.05, 4.69) is 29.4 Å². The van der Waals surface area contributed by atoms with Crippen molar-refractivity contribution in [1.82, 2.24) is 20.1 Å². The number of carbonyl (C=O) groups excluding carboxylic acids is 2. The zero-order valence-corrected chi connectivity index (χ0v) is 20.6. The number of hydrogen-bond donors (Lipinski definition) is 2. The molecule has 0 saturated carbocycles. The number of benzene rings is 2. The van der Waals surface area contributed by atoms with Crippen LogP contribution in [0.3, 0.4) is 0 Å². The van der Waals surface area contributed by atoms with Crippen LogP contribution in [-0.2, 0) is 11.3 Å². The maximum atomic E-state index is 13.1. The van der Waals surface area contributed by atoms with Crippen molar-refractivity contribution < 1.29 is 14.3 Å². The number of hydrogen-bond acceptors (Lipinski definition) is 5. The van der Waals surface area contributed by atoms with Crippen molar-refractivity contribution in [2.45, 2.75) is 45.0 Å². The molecule has 1 aromatic heterocycles. The first-order chi connectivity index (χ1) is 17.4. The molecule has 1 saturated heterocycles. The van der Waals surface area contributed by atoms with E-state index >= 15 is 0 Å². The van der Waals surface area contributed by atoms with Gasteiger partial charge >= 0.3 is 6.09 Å². The second kappa shape index (κ2) is 11.7. The maximum Gasteiger partial charge on any atom is 0.407 e. The lowest BCUT2D eigenvalue weighted by Gasteiger charge is -2.40. The normalized spacial score (nSPS) is 18.0. The summed E-state index contributed by atoms with van der Waals surface area (Å²) in [5, 5.41) is 6.05. The van der Waals surface area contributed by atoms with Gasteiger partial charge in [0.25, 0.3) is 11.5 Å². The lowest BCUT2D eigenvalue weighted by molar-refractivity contribution is 0.0814. The van der Waals surface area contributed by atoms with E-state index in [-0.39, 0.29) is 30.2 Å². The SMILES string of the molecule is CC(C)N1CC[C@H](NC(=O)OCc2ccccc2)[C@H](NC(=O)c2ccc(-n3ccccc3=O)cc2)C1. The van der Waals surface area contributed by atoms with Crippen molar-refractivity contribution in [3.8, 4) is 5.69 Å². The lowest BCUT2D eigenvalue weighted by atomic mass is 9.97. The Bertz CT molecular complexity index is 1220. The molecule has 8 nitrogen and oxygen atoms in total. The highest BCUT2D eigenvalue weighted by Crippen LogP contribution is 2.16. The molecule has 0 aliphatic carbocycles. The number of aromatic nitrogens is 1. The molecule has 2 heterocycles. The Balaban J connectivity index is 1.41. The number of amides is 2. The van der Waals surface area contributed by atoms with Crippen molar-refractivity contribution in [2.75, 3.05) is 13.1 Å². The number of alkyl carbamates (subject to hydrolysis) is 1. The van der Waals surface area contributed by atoms with E-state index in [1.54, 1.807) is 42.6 Å². The zero-order valence-electron chi connectivity index (χ0n) is 20.6. The summed E-state index contributed by atoms with van der Waals surface area (Å²) < 4.78 is 6.92. The van der Waals surface area contributed by atoms with Gasteiger partial charge in [-0.25, -0.2) is 4.79 Å². The molecule has 0 radical (unpaired) electrons. The Labute approximate surface area is 210 Å². The highest BCUT2D eigenvalue weighted by atomic mass is 16.5. The topological polar surface area (TPSA) is 92.7 Å². The Hall–Kier alpha value is -3.91. The van der Waals surface area contributed by atoms with Crippen molar-refractivity contribution in [3.05, 3.63) is 100 Å². The predicted molar refractivity (Wildman–Crippen MR) is 138 cm³/mol. The van der Waals surface area contributed by atoms with E-state index in [0.717, 1.165) is 12.1 Å². The van der Waals surface area contributed by atoms with Gasteiger partial charge in [-0.15, -0.1) is 0 Å². The van der Waals surface area contributed by atoms with Gasteiger partial charge in [0.2, 0.25) is 0 Å². The van der Waals surface area contributed by atoms with Crippen molar-refractivity contribution in [3.63, 3.8) is 0 Å². The van der Waals surface area contributed by atoms with Crippen LogP contribution < -0.4 is 16.2 Å². The number of carbonyl (C=O) groups is 2. The largest absolute Gasteiger partial charge is 0.445 e. The van der Waals surface area contributed by atoms with Crippen LogP contribution in [0.15, 0.2) is 83.8 Å². The molecule has 1 fully saturated rings. The predicted octanol–water partition coefficient (Wildman–Crippen LogP) is 3.35. The molecule has 2 amide bonds. The van der Waals surface area contributed by atoms with Gasteiger partial charge in [-0.3, -0.25) is 19.1 Å². The van der Waals surface area contributed by atoms with Crippen LogP contribution in [0, 0.1) is 0 Å². The summed E-state index contributed by atoms with van der Waals surface area (Å²) >= 11 is 0. The molecule has 0 spiro atoms. The summed E-state index contributed by atoms with van der Waals surface area (Å²) in [5.41, 5.74) is 1.93. The molecule has 2 atom stereocenters. The van der Waals surface area contributed by atoms with Gasteiger partial charge < -0.3 is 15.4 Å². The average Bonchev–Trinajstić information content (AvgIpc) is 2.89. The second-order valence-corrected chi connectivity index (χ2v) is 9.23. The molecule has 0 bridgehead atoms. The third-order valence-electron chi connectivity index (χ3n) is 6.44. The molecule has 36 heavy (non-hydrogen) atoms. The fourth-order valence-electron chi connectivity index (χ4n) is 4.35. The quantitative estimate of drug-likeness (QED) is 0.532. The van der Waals surface area contributed by atoms with Gasteiger partial charge in [-0.05, 0) is 56.2 Å². The van der Waals surface area contributed by atoms with Gasteiger partial charge in [-0.2, -0.15) is 0 Å². The van der Waals surface area contributed by atoms with Gasteiger partial charge in [0.05, 0.1) is 12.1 Å². The van der Waals surface area contributed by atoms with Crippen LogP contribution in [-0.4, -0.2) is 52.7 Å². The van der Waals surface area contributed by atoms with Crippen LogP contribution in [0.25, 0.3) is 5.69 Å². The smallest absolute Gasteiger partial charge is 0.407 e. The molecule has 1 aliphatic heterocycles.